The maximum atomic E-state index is 12.7. The van der Waals surface area contributed by atoms with Crippen molar-refractivity contribution in [1.29, 1.82) is 0 Å². The molecular formula is C22H28N4O3. The number of aryl methyl sites for hydroxylation is 1. The van der Waals surface area contributed by atoms with Crippen molar-refractivity contribution >= 4 is 11.8 Å². The van der Waals surface area contributed by atoms with E-state index in [1.807, 2.05) is 29.0 Å². The lowest BCUT2D eigenvalue weighted by Crippen LogP contribution is -2.52. The summed E-state index contributed by atoms with van der Waals surface area (Å²) in [5, 5.41) is 3.92. The molecule has 4 rings (SSSR count). The summed E-state index contributed by atoms with van der Waals surface area (Å²) in [6, 6.07) is 5.72. The number of carbonyl (C=O) groups excluding carboxylic acids is 2. The van der Waals surface area contributed by atoms with Crippen LogP contribution in [-0.2, 0) is 17.6 Å². The highest BCUT2D eigenvalue weighted by Gasteiger charge is 2.41. The average Bonchev–Trinajstić information content (AvgIpc) is 3.25. The zero-order chi connectivity index (χ0) is 20.3. The Hall–Kier alpha value is -2.70. The minimum absolute atomic E-state index is 0.0522. The highest BCUT2D eigenvalue weighted by molar-refractivity contribution is 5.92. The molecule has 2 aromatic heterocycles. The van der Waals surface area contributed by atoms with Crippen LogP contribution in [0.4, 0.5) is 0 Å². The number of piperidine rings is 2. The van der Waals surface area contributed by atoms with E-state index in [0.717, 1.165) is 56.5 Å². The fourth-order valence-electron chi connectivity index (χ4n) is 4.45. The van der Waals surface area contributed by atoms with E-state index in [1.54, 1.807) is 12.3 Å². The first-order valence-electron chi connectivity index (χ1n) is 10.5. The second kappa shape index (κ2) is 8.35. The van der Waals surface area contributed by atoms with Crippen molar-refractivity contribution in [3.8, 4) is 0 Å². The third kappa shape index (κ3) is 4.33. The first-order chi connectivity index (χ1) is 14.1. The Bertz CT molecular complexity index is 856. The topological polar surface area (TPSA) is 79.5 Å². The van der Waals surface area contributed by atoms with Crippen LogP contribution >= 0.6 is 0 Å². The van der Waals surface area contributed by atoms with Gasteiger partial charge in [0.1, 0.15) is 5.76 Å². The predicted molar refractivity (Wildman–Crippen MR) is 107 cm³/mol. The van der Waals surface area contributed by atoms with Gasteiger partial charge in [0, 0.05) is 57.5 Å². The van der Waals surface area contributed by atoms with Crippen LogP contribution in [0.5, 0.6) is 0 Å². The Morgan fingerprint density at radius 2 is 2.10 bits per heavy atom. The minimum atomic E-state index is -0.0522. The molecule has 2 saturated heterocycles. The lowest BCUT2D eigenvalue weighted by atomic mass is 9.72. The van der Waals surface area contributed by atoms with Gasteiger partial charge in [-0.25, -0.2) is 0 Å². The summed E-state index contributed by atoms with van der Waals surface area (Å²) in [4.78, 5) is 33.2. The Labute approximate surface area is 171 Å². The fraction of sp³-hybridized carbons (Fsp3) is 0.545. The van der Waals surface area contributed by atoms with Crippen LogP contribution in [0.15, 0.2) is 35.1 Å². The number of amides is 2. The van der Waals surface area contributed by atoms with Gasteiger partial charge in [0.15, 0.2) is 5.69 Å². The van der Waals surface area contributed by atoms with Crippen LogP contribution in [0.3, 0.4) is 0 Å². The van der Waals surface area contributed by atoms with E-state index < -0.39 is 0 Å². The predicted octanol–water partition coefficient (Wildman–Crippen LogP) is 2.72. The number of pyridine rings is 1. The molecule has 2 aliphatic rings. The number of hydrogen-bond donors (Lipinski definition) is 0. The normalized spacial score (nSPS) is 19.0. The fourth-order valence-corrected chi connectivity index (χ4v) is 4.45. The van der Waals surface area contributed by atoms with Crippen LogP contribution in [0.2, 0.25) is 0 Å². The van der Waals surface area contributed by atoms with Crippen molar-refractivity contribution < 1.29 is 14.1 Å². The van der Waals surface area contributed by atoms with Gasteiger partial charge >= 0.3 is 0 Å². The van der Waals surface area contributed by atoms with Crippen LogP contribution in [-0.4, -0.2) is 57.9 Å². The first-order valence-corrected chi connectivity index (χ1v) is 10.5. The van der Waals surface area contributed by atoms with Crippen molar-refractivity contribution in [2.45, 2.75) is 45.4 Å². The Kier molecular flexibility index (Phi) is 5.65. The van der Waals surface area contributed by atoms with Gasteiger partial charge in [-0.1, -0.05) is 18.1 Å². The molecular weight excluding hydrogens is 368 g/mol. The summed E-state index contributed by atoms with van der Waals surface area (Å²) in [7, 11) is 0. The van der Waals surface area contributed by atoms with Gasteiger partial charge in [-0.05, 0) is 42.7 Å². The minimum Gasteiger partial charge on any atom is -0.361 e. The van der Waals surface area contributed by atoms with Gasteiger partial charge in [0.2, 0.25) is 5.91 Å². The summed E-state index contributed by atoms with van der Waals surface area (Å²) < 4.78 is 5.18. The second-order valence-electron chi connectivity index (χ2n) is 8.25. The molecule has 1 spiro atoms. The third-order valence-electron chi connectivity index (χ3n) is 6.38. The molecule has 0 atom stereocenters. The molecule has 0 unspecified atom stereocenters. The zero-order valence-electron chi connectivity index (χ0n) is 17.0. The first kappa shape index (κ1) is 19.6. The Morgan fingerprint density at radius 3 is 2.79 bits per heavy atom. The molecule has 2 aromatic rings. The van der Waals surface area contributed by atoms with E-state index in [-0.39, 0.29) is 17.2 Å². The molecule has 154 valence electrons. The molecule has 2 fully saturated rings. The van der Waals surface area contributed by atoms with Gasteiger partial charge in [-0.3, -0.25) is 14.6 Å². The number of hydrogen-bond acceptors (Lipinski definition) is 5. The molecule has 0 aromatic carbocycles. The van der Waals surface area contributed by atoms with E-state index in [1.165, 1.54) is 0 Å². The van der Waals surface area contributed by atoms with Gasteiger partial charge < -0.3 is 14.3 Å². The van der Waals surface area contributed by atoms with Crippen LogP contribution in [0, 0.1) is 5.41 Å². The monoisotopic (exact) mass is 396 g/mol. The smallest absolute Gasteiger partial charge is 0.276 e. The maximum Gasteiger partial charge on any atom is 0.276 e. The molecule has 0 radical (unpaired) electrons. The molecule has 0 aliphatic carbocycles. The quantitative estimate of drug-likeness (QED) is 0.776. The maximum absolute atomic E-state index is 12.7. The van der Waals surface area contributed by atoms with E-state index in [0.29, 0.717) is 25.2 Å². The number of nitrogens with zero attached hydrogens (tertiary/aromatic N) is 4. The Balaban J connectivity index is 1.34. The number of likely N-dealkylation sites (tertiary alicyclic amines) is 2. The lowest BCUT2D eigenvalue weighted by molar-refractivity contribution is -0.138. The number of rotatable bonds is 5. The second-order valence-corrected chi connectivity index (χ2v) is 8.25. The van der Waals surface area contributed by atoms with Crippen molar-refractivity contribution in [3.63, 3.8) is 0 Å². The van der Waals surface area contributed by atoms with Crippen molar-refractivity contribution in [2.75, 3.05) is 26.2 Å². The average molecular weight is 396 g/mol. The zero-order valence-corrected chi connectivity index (χ0v) is 17.0. The van der Waals surface area contributed by atoms with E-state index in [9.17, 15) is 9.59 Å². The van der Waals surface area contributed by atoms with Crippen LogP contribution in [0.25, 0.3) is 0 Å². The van der Waals surface area contributed by atoms with Crippen molar-refractivity contribution in [1.82, 2.24) is 19.9 Å². The SMILES string of the molecule is CCc1cc(C(=O)N2CCC3(CCC(=O)N(CCc4cccnc4)C3)CC2)no1. The number of aromatic nitrogens is 2. The standard InChI is InChI=1S/C22H28N4O3/c1-2-18-14-19(24-29-18)21(28)25-12-8-22(9-13-25)7-5-20(27)26(16-22)11-6-17-4-3-10-23-15-17/h3-4,10,14-15H,2,5-9,11-13,16H2,1H3. The molecule has 2 aliphatic heterocycles. The summed E-state index contributed by atoms with van der Waals surface area (Å²) in [5.41, 5.74) is 1.67. The molecule has 0 saturated carbocycles. The van der Waals surface area contributed by atoms with Gasteiger partial charge in [0.05, 0.1) is 0 Å². The van der Waals surface area contributed by atoms with Crippen LogP contribution in [0.1, 0.15) is 54.4 Å². The van der Waals surface area contributed by atoms with Gasteiger partial charge in [-0.2, -0.15) is 0 Å². The molecule has 0 N–H and O–H groups in total. The highest BCUT2D eigenvalue weighted by atomic mass is 16.5. The van der Waals surface area contributed by atoms with Crippen LogP contribution < -0.4 is 0 Å². The third-order valence-corrected chi connectivity index (χ3v) is 6.38. The largest absolute Gasteiger partial charge is 0.361 e. The van der Waals surface area contributed by atoms with E-state index in [4.69, 9.17) is 4.52 Å². The molecule has 7 heteroatoms. The lowest BCUT2D eigenvalue weighted by Gasteiger charge is -2.47. The molecule has 29 heavy (non-hydrogen) atoms. The highest BCUT2D eigenvalue weighted by Crippen LogP contribution is 2.40. The van der Waals surface area contributed by atoms with Gasteiger partial charge in [-0.15, -0.1) is 0 Å². The molecule has 0 bridgehead atoms. The Morgan fingerprint density at radius 1 is 1.28 bits per heavy atom. The van der Waals surface area contributed by atoms with Gasteiger partial charge in [0.25, 0.3) is 5.91 Å². The molecule has 4 heterocycles. The summed E-state index contributed by atoms with van der Waals surface area (Å²) in [5.74, 6) is 0.924. The van der Waals surface area contributed by atoms with E-state index in [2.05, 4.69) is 16.2 Å². The summed E-state index contributed by atoms with van der Waals surface area (Å²) >= 11 is 0. The molecule has 7 nitrogen and oxygen atoms in total. The van der Waals surface area contributed by atoms with Crippen molar-refractivity contribution in [3.05, 3.63) is 47.6 Å². The van der Waals surface area contributed by atoms with Crippen molar-refractivity contribution in [2.24, 2.45) is 5.41 Å². The molecule has 2 amide bonds. The summed E-state index contributed by atoms with van der Waals surface area (Å²) in [6.07, 6.45) is 8.55. The summed E-state index contributed by atoms with van der Waals surface area (Å²) in [6.45, 7) is 4.91. The van der Waals surface area contributed by atoms with E-state index >= 15 is 0 Å². The number of carbonyl (C=O) groups is 2.